The van der Waals surface area contributed by atoms with Crippen LogP contribution in [-0.4, -0.2) is 37.0 Å². The molecule has 0 radical (unpaired) electrons. The molecule has 7 nitrogen and oxygen atoms in total. The van der Waals surface area contributed by atoms with Crippen molar-refractivity contribution in [3.8, 4) is 0 Å². The van der Waals surface area contributed by atoms with Crippen molar-refractivity contribution in [2.75, 3.05) is 6.54 Å². The van der Waals surface area contributed by atoms with Gasteiger partial charge in [-0.25, -0.2) is 15.0 Å². The lowest BCUT2D eigenvalue weighted by Crippen LogP contribution is -2.25. The van der Waals surface area contributed by atoms with Gasteiger partial charge in [-0.05, 0) is 35.4 Å². The van der Waals surface area contributed by atoms with E-state index in [-0.39, 0.29) is 5.91 Å². The van der Waals surface area contributed by atoms with Gasteiger partial charge >= 0.3 is 0 Å². The average Bonchev–Trinajstić information content (AvgIpc) is 3.52. The van der Waals surface area contributed by atoms with Crippen LogP contribution in [0.5, 0.6) is 0 Å². The van der Waals surface area contributed by atoms with Gasteiger partial charge in [0.05, 0.1) is 12.9 Å². The van der Waals surface area contributed by atoms with Crippen LogP contribution >= 0.6 is 11.8 Å². The second-order valence-corrected chi connectivity index (χ2v) is 8.82. The maximum absolute atomic E-state index is 12.5. The molecule has 2 N–H and O–H groups in total. The number of fused-ring (bicyclic) bond motifs is 1. The molecule has 5 aromatic rings. The number of amides is 1. The molecule has 3 aromatic heterocycles. The Morgan fingerprint density at radius 2 is 1.85 bits per heavy atom. The van der Waals surface area contributed by atoms with Crippen LogP contribution in [0.2, 0.25) is 0 Å². The molecular formula is C26H24N6OS. The first-order valence-electron chi connectivity index (χ1n) is 11.1. The number of H-pyrrole nitrogens is 1. The van der Waals surface area contributed by atoms with Crippen molar-refractivity contribution in [1.29, 1.82) is 0 Å². The summed E-state index contributed by atoms with van der Waals surface area (Å²) >= 11 is 1.70. The highest BCUT2D eigenvalue weighted by molar-refractivity contribution is 7.98. The number of carbonyl (C=O) groups excluding carboxylic acids is 1. The van der Waals surface area contributed by atoms with Crippen molar-refractivity contribution >= 4 is 28.8 Å². The second-order valence-electron chi connectivity index (χ2n) is 7.88. The number of carbonyl (C=O) groups is 1. The molecule has 0 atom stereocenters. The van der Waals surface area contributed by atoms with Crippen molar-refractivity contribution in [3.05, 3.63) is 108 Å². The SMILES string of the molecule is O=C(NCCc1cnc[nH]1)c1ccc(Cn2c(SCc3ccccc3)nc3cccnc32)cc1. The van der Waals surface area contributed by atoms with Gasteiger partial charge in [-0.15, -0.1) is 0 Å². The van der Waals surface area contributed by atoms with Crippen LogP contribution in [0.3, 0.4) is 0 Å². The van der Waals surface area contributed by atoms with Crippen LogP contribution in [0.15, 0.2) is 90.6 Å². The zero-order chi connectivity index (χ0) is 23.2. The minimum atomic E-state index is -0.0834. The summed E-state index contributed by atoms with van der Waals surface area (Å²) in [6.07, 6.45) is 5.92. The average molecular weight is 469 g/mol. The molecule has 2 aromatic carbocycles. The summed E-state index contributed by atoms with van der Waals surface area (Å²) in [6.45, 7) is 1.18. The molecule has 0 bridgehead atoms. The molecule has 0 aliphatic heterocycles. The topological polar surface area (TPSA) is 88.5 Å². The Labute approximate surface area is 201 Å². The first-order valence-corrected chi connectivity index (χ1v) is 12.1. The third-order valence-corrected chi connectivity index (χ3v) is 6.52. The first-order chi connectivity index (χ1) is 16.8. The lowest BCUT2D eigenvalue weighted by Gasteiger charge is -2.10. The Kier molecular flexibility index (Phi) is 6.67. The van der Waals surface area contributed by atoms with Crippen LogP contribution < -0.4 is 5.32 Å². The monoisotopic (exact) mass is 468 g/mol. The van der Waals surface area contributed by atoms with Gasteiger partial charge in [0.1, 0.15) is 5.52 Å². The number of thioether (sulfide) groups is 1. The molecule has 34 heavy (non-hydrogen) atoms. The van der Waals surface area contributed by atoms with Gasteiger partial charge in [0.15, 0.2) is 10.8 Å². The van der Waals surface area contributed by atoms with Crippen molar-refractivity contribution < 1.29 is 4.79 Å². The summed E-state index contributed by atoms with van der Waals surface area (Å²) < 4.78 is 2.14. The van der Waals surface area contributed by atoms with E-state index in [0.29, 0.717) is 25.1 Å². The zero-order valence-electron chi connectivity index (χ0n) is 18.5. The smallest absolute Gasteiger partial charge is 0.251 e. The summed E-state index contributed by atoms with van der Waals surface area (Å²) in [5.74, 6) is 0.752. The lowest BCUT2D eigenvalue weighted by molar-refractivity contribution is 0.0954. The van der Waals surface area contributed by atoms with Crippen molar-refractivity contribution in [3.63, 3.8) is 0 Å². The largest absolute Gasteiger partial charge is 0.352 e. The fourth-order valence-corrected chi connectivity index (χ4v) is 4.65. The van der Waals surface area contributed by atoms with Crippen molar-refractivity contribution in [2.45, 2.75) is 23.9 Å². The molecule has 3 heterocycles. The first kappa shape index (κ1) is 21.9. The van der Waals surface area contributed by atoms with E-state index in [9.17, 15) is 4.79 Å². The van der Waals surface area contributed by atoms with E-state index in [1.165, 1.54) is 5.56 Å². The summed E-state index contributed by atoms with van der Waals surface area (Å²) in [4.78, 5) is 28.9. The number of benzene rings is 2. The number of nitrogens with zero attached hydrogens (tertiary/aromatic N) is 4. The fourth-order valence-electron chi connectivity index (χ4n) is 3.69. The van der Waals surface area contributed by atoms with Crippen LogP contribution in [-0.2, 0) is 18.7 Å². The van der Waals surface area contributed by atoms with Crippen LogP contribution in [0.1, 0.15) is 27.2 Å². The molecule has 5 rings (SSSR count). The molecular weight excluding hydrogens is 444 g/mol. The number of hydrogen-bond donors (Lipinski definition) is 2. The molecule has 8 heteroatoms. The highest BCUT2D eigenvalue weighted by atomic mass is 32.2. The second kappa shape index (κ2) is 10.4. The number of pyridine rings is 1. The molecule has 0 aliphatic carbocycles. The molecule has 1 amide bonds. The third-order valence-electron chi connectivity index (χ3n) is 5.47. The zero-order valence-corrected chi connectivity index (χ0v) is 19.3. The van der Waals surface area contributed by atoms with Crippen molar-refractivity contribution in [1.82, 2.24) is 29.8 Å². The summed E-state index contributed by atoms with van der Waals surface area (Å²) in [5.41, 5.74) is 5.71. The summed E-state index contributed by atoms with van der Waals surface area (Å²) in [6, 6.07) is 22.0. The third kappa shape index (κ3) is 5.18. The maximum atomic E-state index is 12.5. The van der Waals surface area contributed by atoms with Gasteiger partial charge in [-0.1, -0.05) is 54.2 Å². The van der Waals surface area contributed by atoms with Gasteiger partial charge in [0, 0.05) is 42.4 Å². The Morgan fingerprint density at radius 3 is 2.65 bits per heavy atom. The van der Waals surface area contributed by atoms with E-state index in [2.05, 4.69) is 49.1 Å². The number of aromatic amines is 1. The fraction of sp³-hybridized carbons (Fsp3) is 0.154. The maximum Gasteiger partial charge on any atom is 0.251 e. The molecule has 0 fully saturated rings. The molecule has 0 spiro atoms. The predicted molar refractivity (Wildman–Crippen MR) is 134 cm³/mol. The molecule has 0 aliphatic rings. The van der Waals surface area contributed by atoms with Crippen LogP contribution in [0.25, 0.3) is 11.2 Å². The standard InChI is InChI=1S/C26H24N6OS/c33-25(29-14-12-22-15-27-18-30-22)21-10-8-19(9-11-21)16-32-24-23(7-4-13-28-24)31-26(32)34-17-20-5-2-1-3-6-20/h1-11,13,15,18H,12,14,16-17H2,(H,27,30)(H,29,33). The quantitative estimate of drug-likeness (QED) is 0.312. The van der Waals surface area contributed by atoms with E-state index >= 15 is 0 Å². The van der Waals surface area contributed by atoms with E-state index < -0.39 is 0 Å². The Balaban J connectivity index is 1.28. The van der Waals surface area contributed by atoms with E-state index in [4.69, 9.17) is 4.98 Å². The van der Waals surface area contributed by atoms with Crippen molar-refractivity contribution in [2.24, 2.45) is 0 Å². The van der Waals surface area contributed by atoms with Gasteiger partial charge in [-0.3, -0.25) is 9.36 Å². The summed E-state index contributed by atoms with van der Waals surface area (Å²) in [7, 11) is 0. The van der Waals surface area contributed by atoms with Crippen LogP contribution in [0.4, 0.5) is 0 Å². The summed E-state index contributed by atoms with van der Waals surface area (Å²) in [5, 5.41) is 3.88. The minimum absolute atomic E-state index is 0.0834. The molecule has 0 saturated heterocycles. The predicted octanol–water partition coefficient (Wildman–Crippen LogP) is 4.47. The van der Waals surface area contributed by atoms with Gasteiger partial charge in [0.25, 0.3) is 5.91 Å². The Morgan fingerprint density at radius 1 is 1.00 bits per heavy atom. The molecule has 170 valence electrons. The van der Waals surface area contributed by atoms with E-state index in [0.717, 1.165) is 33.3 Å². The molecule has 0 unspecified atom stereocenters. The van der Waals surface area contributed by atoms with Gasteiger partial charge < -0.3 is 10.3 Å². The highest BCUT2D eigenvalue weighted by Crippen LogP contribution is 2.27. The van der Waals surface area contributed by atoms with Gasteiger partial charge in [-0.2, -0.15) is 0 Å². The number of nitrogens with one attached hydrogen (secondary N) is 2. The van der Waals surface area contributed by atoms with Gasteiger partial charge in [0.2, 0.25) is 0 Å². The number of imidazole rings is 2. The number of aromatic nitrogens is 5. The minimum Gasteiger partial charge on any atom is -0.352 e. The highest BCUT2D eigenvalue weighted by Gasteiger charge is 2.13. The number of rotatable bonds is 9. The van der Waals surface area contributed by atoms with E-state index in [1.54, 1.807) is 30.5 Å². The van der Waals surface area contributed by atoms with Crippen LogP contribution in [0, 0.1) is 0 Å². The van der Waals surface area contributed by atoms with E-state index in [1.807, 2.05) is 42.5 Å². The normalized spacial score (nSPS) is 11.1. The Bertz CT molecular complexity index is 1360. The molecule has 0 saturated carbocycles. The number of hydrogen-bond acceptors (Lipinski definition) is 5. The lowest BCUT2D eigenvalue weighted by atomic mass is 10.1. The Hall–Kier alpha value is -3.91.